The zero-order chi connectivity index (χ0) is 14.5. The van der Waals surface area contributed by atoms with Crippen molar-refractivity contribution in [1.29, 1.82) is 0 Å². The fraction of sp³-hybridized carbons (Fsp3) is 0.308. The van der Waals surface area contributed by atoms with Crippen LogP contribution < -0.4 is 21.7 Å². The predicted molar refractivity (Wildman–Crippen MR) is 83.4 cm³/mol. The summed E-state index contributed by atoms with van der Waals surface area (Å²) in [7, 11) is 0. The number of aliphatic imine (C=N–C) groups is 1. The Labute approximate surface area is 122 Å². The lowest BCUT2D eigenvalue weighted by molar-refractivity contribution is -0.118. The number of rotatable bonds is 5. The highest BCUT2D eigenvalue weighted by molar-refractivity contribution is 7.80. The van der Waals surface area contributed by atoms with Crippen molar-refractivity contribution in [1.82, 2.24) is 5.32 Å². The topological polar surface area (TPSA) is 96.7 Å². The van der Waals surface area contributed by atoms with Gasteiger partial charge in [-0.15, -0.1) is 0 Å². The molecule has 0 spiro atoms. The van der Waals surface area contributed by atoms with Gasteiger partial charge < -0.3 is 16.8 Å². The van der Waals surface area contributed by atoms with Gasteiger partial charge >= 0.3 is 0 Å². The van der Waals surface area contributed by atoms with Crippen molar-refractivity contribution in [3.8, 4) is 0 Å². The molecule has 1 aliphatic rings. The van der Waals surface area contributed by atoms with Crippen molar-refractivity contribution < 1.29 is 4.79 Å². The van der Waals surface area contributed by atoms with Crippen LogP contribution in [0.1, 0.15) is 12.8 Å². The number of guanidine groups is 1. The van der Waals surface area contributed by atoms with Gasteiger partial charge in [0.05, 0.1) is 5.69 Å². The zero-order valence-electron chi connectivity index (χ0n) is 11.0. The Bertz CT molecular complexity index is 527. The third-order valence-electron chi connectivity index (χ3n) is 2.98. The van der Waals surface area contributed by atoms with E-state index >= 15 is 0 Å². The summed E-state index contributed by atoms with van der Waals surface area (Å²) in [6, 6.07) is 9.04. The molecule has 20 heavy (non-hydrogen) atoms. The second-order valence-electron chi connectivity index (χ2n) is 4.46. The molecule has 0 radical (unpaired) electrons. The number of para-hydroxylation sites is 1. The number of hydrogen-bond donors (Lipinski definition) is 3. The smallest absolute Gasteiger partial charge is 0.255 e. The zero-order valence-corrected chi connectivity index (χ0v) is 11.8. The Morgan fingerprint density at radius 2 is 2.05 bits per heavy atom. The average Bonchev–Trinajstić information content (AvgIpc) is 2.70. The van der Waals surface area contributed by atoms with Crippen LogP contribution in [0.3, 0.4) is 0 Å². The normalized spacial score (nSPS) is 18.0. The van der Waals surface area contributed by atoms with Gasteiger partial charge in [-0.05, 0) is 37.2 Å². The Kier molecular flexibility index (Phi) is 4.52. The molecule has 0 aliphatic carbocycles. The fourth-order valence-electron chi connectivity index (χ4n) is 2.05. The SMILES string of the molecule is NC(N)=NCCCC1NC(=S)N(c2ccccc2)C1=O. The van der Waals surface area contributed by atoms with Crippen LogP contribution in [-0.4, -0.2) is 29.6 Å². The van der Waals surface area contributed by atoms with E-state index in [1.807, 2.05) is 30.3 Å². The number of carbonyl (C=O) groups is 1. The maximum Gasteiger partial charge on any atom is 0.255 e. The lowest BCUT2D eigenvalue weighted by Crippen LogP contribution is -2.31. The van der Waals surface area contributed by atoms with Gasteiger partial charge in [0.1, 0.15) is 6.04 Å². The van der Waals surface area contributed by atoms with Crippen molar-refractivity contribution in [2.75, 3.05) is 11.4 Å². The number of benzene rings is 1. The number of thiocarbonyl (C=S) groups is 1. The molecule has 0 bridgehead atoms. The van der Waals surface area contributed by atoms with E-state index in [2.05, 4.69) is 10.3 Å². The third kappa shape index (κ3) is 3.24. The number of amides is 1. The van der Waals surface area contributed by atoms with E-state index in [1.165, 1.54) is 4.90 Å². The van der Waals surface area contributed by atoms with E-state index in [0.29, 0.717) is 24.5 Å². The van der Waals surface area contributed by atoms with Gasteiger partial charge in [-0.25, -0.2) is 0 Å². The largest absolute Gasteiger partial charge is 0.370 e. The first kappa shape index (κ1) is 14.3. The number of nitrogens with two attached hydrogens (primary N) is 2. The van der Waals surface area contributed by atoms with Crippen LogP contribution in [-0.2, 0) is 4.79 Å². The second kappa shape index (κ2) is 6.33. The Balaban J connectivity index is 1.97. The van der Waals surface area contributed by atoms with Crippen molar-refractivity contribution in [2.24, 2.45) is 16.5 Å². The molecule has 1 aliphatic heterocycles. The lowest BCUT2D eigenvalue weighted by Gasteiger charge is -2.14. The van der Waals surface area contributed by atoms with Crippen LogP contribution >= 0.6 is 12.2 Å². The molecule has 7 heteroatoms. The summed E-state index contributed by atoms with van der Waals surface area (Å²) in [6.45, 7) is 0.506. The summed E-state index contributed by atoms with van der Waals surface area (Å²) in [6.07, 6.45) is 1.35. The van der Waals surface area contributed by atoms with Crippen LogP contribution in [0.2, 0.25) is 0 Å². The first-order valence-corrected chi connectivity index (χ1v) is 6.75. The van der Waals surface area contributed by atoms with Crippen molar-refractivity contribution in [3.05, 3.63) is 30.3 Å². The molecule has 5 N–H and O–H groups in total. The monoisotopic (exact) mass is 291 g/mol. The lowest BCUT2D eigenvalue weighted by atomic mass is 10.1. The van der Waals surface area contributed by atoms with E-state index in [-0.39, 0.29) is 17.9 Å². The van der Waals surface area contributed by atoms with Gasteiger partial charge in [-0.2, -0.15) is 0 Å². The summed E-state index contributed by atoms with van der Waals surface area (Å²) in [5.41, 5.74) is 11.3. The van der Waals surface area contributed by atoms with Crippen LogP contribution in [0, 0.1) is 0 Å². The Morgan fingerprint density at radius 1 is 1.35 bits per heavy atom. The first-order chi connectivity index (χ1) is 9.59. The molecule has 1 heterocycles. The summed E-state index contributed by atoms with van der Waals surface area (Å²) >= 11 is 5.22. The minimum atomic E-state index is -0.308. The highest BCUT2D eigenvalue weighted by atomic mass is 32.1. The van der Waals surface area contributed by atoms with Crippen LogP contribution in [0.25, 0.3) is 0 Å². The van der Waals surface area contributed by atoms with Crippen LogP contribution in [0.15, 0.2) is 35.3 Å². The van der Waals surface area contributed by atoms with Gasteiger partial charge in [0.25, 0.3) is 5.91 Å². The van der Waals surface area contributed by atoms with E-state index in [4.69, 9.17) is 23.7 Å². The summed E-state index contributed by atoms with van der Waals surface area (Å²) in [4.78, 5) is 17.8. The molecule has 0 aromatic heterocycles. The molecular weight excluding hydrogens is 274 g/mol. The van der Waals surface area contributed by atoms with Gasteiger partial charge in [-0.3, -0.25) is 14.7 Å². The first-order valence-electron chi connectivity index (χ1n) is 6.34. The van der Waals surface area contributed by atoms with Gasteiger partial charge in [0.15, 0.2) is 11.1 Å². The number of carbonyl (C=O) groups excluding carboxylic acids is 1. The van der Waals surface area contributed by atoms with E-state index in [9.17, 15) is 4.79 Å². The van der Waals surface area contributed by atoms with E-state index in [1.54, 1.807) is 0 Å². The molecule has 1 aromatic carbocycles. The van der Waals surface area contributed by atoms with Crippen LogP contribution in [0.4, 0.5) is 5.69 Å². The standard InChI is InChI=1S/C13H17N5OS/c14-12(15)16-8-4-7-10-11(19)18(13(20)17-10)9-5-2-1-3-6-9/h1-3,5-6,10H,4,7-8H2,(H,17,20)(H4,14,15,16). The van der Waals surface area contributed by atoms with Gasteiger partial charge in [-0.1, -0.05) is 18.2 Å². The maximum absolute atomic E-state index is 12.3. The second-order valence-corrected chi connectivity index (χ2v) is 4.85. The average molecular weight is 291 g/mol. The minimum absolute atomic E-state index is 0.0362. The highest BCUT2D eigenvalue weighted by Crippen LogP contribution is 2.20. The molecule has 1 atom stereocenters. The number of nitrogens with zero attached hydrogens (tertiary/aromatic N) is 2. The minimum Gasteiger partial charge on any atom is -0.370 e. The maximum atomic E-state index is 12.3. The molecule has 106 valence electrons. The molecule has 2 rings (SSSR count). The van der Waals surface area contributed by atoms with E-state index in [0.717, 1.165) is 5.69 Å². The summed E-state index contributed by atoms with van der Waals surface area (Å²) in [5.74, 6) is 0.0306. The van der Waals surface area contributed by atoms with Crippen molar-refractivity contribution in [3.63, 3.8) is 0 Å². The Hall–Kier alpha value is -2.15. The molecule has 1 amide bonds. The van der Waals surface area contributed by atoms with Crippen LogP contribution in [0.5, 0.6) is 0 Å². The van der Waals surface area contributed by atoms with Gasteiger partial charge in [0, 0.05) is 6.54 Å². The highest BCUT2D eigenvalue weighted by Gasteiger charge is 2.35. The molecule has 1 saturated heterocycles. The summed E-state index contributed by atoms with van der Waals surface area (Å²) < 4.78 is 0. The van der Waals surface area contributed by atoms with Crippen molar-refractivity contribution >= 4 is 34.9 Å². The molecular formula is C13H17N5OS. The number of nitrogens with one attached hydrogen (secondary N) is 1. The molecule has 6 nitrogen and oxygen atoms in total. The quantitative estimate of drug-likeness (QED) is 0.314. The van der Waals surface area contributed by atoms with E-state index < -0.39 is 0 Å². The predicted octanol–water partition coefficient (Wildman–Crippen LogP) is 0.330. The molecule has 0 saturated carbocycles. The molecule has 1 aromatic rings. The van der Waals surface area contributed by atoms with Gasteiger partial charge in [0.2, 0.25) is 0 Å². The third-order valence-corrected chi connectivity index (χ3v) is 3.28. The molecule has 1 unspecified atom stereocenters. The van der Waals surface area contributed by atoms with Crippen molar-refractivity contribution in [2.45, 2.75) is 18.9 Å². The Morgan fingerprint density at radius 3 is 2.70 bits per heavy atom. The summed E-state index contributed by atoms with van der Waals surface area (Å²) in [5, 5.41) is 3.48. The molecule has 1 fully saturated rings. The number of hydrogen-bond acceptors (Lipinski definition) is 3. The number of anilines is 1. The fourth-order valence-corrected chi connectivity index (χ4v) is 2.39.